The highest BCUT2D eigenvalue weighted by Crippen LogP contribution is 2.29. The Morgan fingerprint density at radius 2 is 1.86 bits per heavy atom. The Bertz CT molecular complexity index is 189. The summed E-state index contributed by atoms with van der Waals surface area (Å²) in [4.78, 5) is 4.98. The molecule has 3 nitrogen and oxygen atoms in total. The molecule has 0 spiro atoms. The lowest BCUT2D eigenvalue weighted by atomic mass is 9.77. The molecule has 2 N–H and O–H groups in total. The first-order valence-corrected chi connectivity index (χ1v) is 5.88. The summed E-state index contributed by atoms with van der Waals surface area (Å²) in [6.07, 6.45) is 5.11. The Balaban J connectivity index is 1.79. The molecule has 82 valence electrons. The standard InChI is InChI=1S/C11H23N3/c1-13-6-3-7-14(9-8-13)10-11(12)4-2-5-11/h2-10,12H2,1H3. The van der Waals surface area contributed by atoms with Gasteiger partial charge in [0.1, 0.15) is 0 Å². The van der Waals surface area contributed by atoms with Gasteiger partial charge in [0.15, 0.2) is 0 Å². The Hall–Kier alpha value is -0.120. The summed E-state index contributed by atoms with van der Waals surface area (Å²) in [6, 6.07) is 0. The zero-order valence-corrected chi connectivity index (χ0v) is 9.34. The lowest BCUT2D eigenvalue weighted by Crippen LogP contribution is -2.55. The molecule has 1 saturated carbocycles. The highest BCUT2D eigenvalue weighted by molar-refractivity contribution is 4.95. The normalized spacial score (nSPS) is 29.6. The lowest BCUT2D eigenvalue weighted by molar-refractivity contribution is 0.148. The second-order valence-electron chi connectivity index (χ2n) is 5.15. The molecule has 0 atom stereocenters. The summed E-state index contributed by atoms with van der Waals surface area (Å²) < 4.78 is 0. The molecule has 2 rings (SSSR count). The molecule has 1 aliphatic carbocycles. The van der Waals surface area contributed by atoms with Gasteiger partial charge in [-0.1, -0.05) is 0 Å². The van der Waals surface area contributed by atoms with Crippen LogP contribution in [0.3, 0.4) is 0 Å². The van der Waals surface area contributed by atoms with Crippen LogP contribution >= 0.6 is 0 Å². The zero-order valence-electron chi connectivity index (χ0n) is 9.34. The molecule has 0 aromatic heterocycles. The van der Waals surface area contributed by atoms with Gasteiger partial charge in [-0.25, -0.2) is 0 Å². The van der Waals surface area contributed by atoms with E-state index in [1.54, 1.807) is 0 Å². The minimum Gasteiger partial charge on any atom is -0.324 e. The third-order valence-corrected chi connectivity index (χ3v) is 3.70. The van der Waals surface area contributed by atoms with Gasteiger partial charge >= 0.3 is 0 Å². The fraction of sp³-hybridized carbons (Fsp3) is 1.00. The molecule has 0 aromatic carbocycles. The third kappa shape index (κ3) is 2.47. The van der Waals surface area contributed by atoms with Crippen LogP contribution in [0, 0.1) is 0 Å². The molecule has 3 heteroatoms. The average molecular weight is 197 g/mol. The van der Waals surface area contributed by atoms with E-state index < -0.39 is 0 Å². The lowest BCUT2D eigenvalue weighted by Gasteiger charge is -2.41. The zero-order chi connectivity index (χ0) is 10.0. The van der Waals surface area contributed by atoms with Gasteiger partial charge in [0.25, 0.3) is 0 Å². The summed E-state index contributed by atoms with van der Waals surface area (Å²) in [5.41, 5.74) is 6.43. The fourth-order valence-electron chi connectivity index (χ4n) is 2.49. The van der Waals surface area contributed by atoms with Gasteiger partial charge in [0, 0.05) is 25.2 Å². The van der Waals surface area contributed by atoms with Gasteiger partial charge in [-0.3, -0.25) is 0 Å². The fourth-order valence-corrected chi connectivity index (χ4v) is 2.49. The van der Waals surface area contributed by atoms with Crippen LogP contribution < -0.4 is 5.73 Å². The van der Waals surface area contributed by atoms with E-state index in [4.69, 9.17) is 5.73 Å². The summed E-state index contributed by atoms with van der Waals surface area (Å²) in [5, 5.41) is 0. The molecular weight excluding hydrogens is 174 g/mol. The van der Waals surface area contributed by atoms with Gasteiger partial charge in [-0.15, -0.1) is 0 Å². The van der Waals surface area contributed by atoms with E-state index in [0.29, 0.717) is 0 Å². The second-order valence-corrected chi connectivity index (χ2v) is 5.15. The quantitative estimate of drug-likeness (QED) is 0.700. The van der Waals surface area contributed by atoms with Gasteiger partial charge in [0.2, 0.25) is 0 Å². The van der Waals surface area contributed by atoms with E-state index in [9.17, 15) is 0 Å². The highest BCUT2D eigenvalue weighted by Gasteiger charge is 2.34. The van der Waals surface area contributed by atoms with Crippen molar-refractivity contribution in [3.05, 3.63) is 0 Å². The maximum atomic E-state index is 6.26. The van der Waals surface area contributed by atoms with Crippen molar-refractivity contribution in [3.8, 4) is 0 Å². The number of nitrogens with two attached hydrogens (primary N) is 1. The van der Waals surface area contributed by atoms with E-state index in [1.807, 2.05) is 0 Å². The highest BCUT2D eigenvalue weighted by atomic mass is 15.2. The molecule has 2 aliphatic rings. The molecule has 14 heavy (non-hydrogen) atoms. The summed E-state index contributed by atoms with van der Waals surface area (Å²) in [6.45, 7) is 6.02. The van der Waals surface area contributed by atoms with Crippen molar-refractivity contribution in [1.82, 2.24) is 9.80 Å². The van der Waals surface area contributed by atoms with Crippen molar-refractivity contribution in [2.24, 2.45) is 5.73 Å². The first-order chi connectivity index (χ1) is 6.68. The van der Waals surface area contributed by atoms with Crippen molar-refractivity contribution in [1.29, 1.82) is 0 Å². The van der Waals surface area contributed by atoms with Crippen molar-refractivity contribution in [2.45, 2.75) is 31.2 Å². The van der Waals surface area contributed by atoms with Crippen LogP contribution in [-0.4, -0.2) is 55.1 Å². The molecule has 1 saturated heterocycles. The number of rotatable bonds is 2. The van der Waals surface area contributed by atoms with Gasteiger partial charge in [0.05, 0.1) is 0 Å². The molecule has 0 aromatic rings. The average Bonchev–Trinajstić information content (AvgIpc) is 2.29. The molecule has 1 aliphatic heterocycles. The molecular formula is C11H23N3. The molecule has 0 radical (unpaired) electrons. The summed E-state index contributed by atoms with van der Waals surface area (Å²) >= 11 is 0. The van der Waals surface area contributed by atoms with Gasteiger partial charge in [-0.2, -0.15) is 0 Å². The monoisotopic (exact) mass is 197 g/mol. The van der Waals surface area contributed by atoms with E-state index in [1.165, 1.54) is 51.9 Å². The van der Waals surface area contributed by atoms with Crippen molar-refractivity contribution >= 4 is 0 Å². The third-order valence-electron chi connectivity index (χ3n) is 3.70. The SMILES string of the molecule is CN1CCCN(CC2(N)CCC2)CC1. The minimum absolute atomic E-state index is 0.170. The Labute approximate surface area is 87.2 Å². The van der Waals surface area contributed by atoms with Crippen molar-refractivity contribution in [2.75, 3.05) is 39.8 Å². The molecule has 2 fully saturated rings. The number of hydrogen-bond donors (Lipinski definition) is 1. The van der Waals surface area contributed by atoms with Crippen LogP contribution in [0.2, 0.25) is 0 Å². The van der Waals surface area contributed by atoms with E-state index in [0.717, 1.165) is 6.54 Å². The first kappa shape index (κ1) is 10.4. The van der Waals surface area contributed by atoms with E-state index in [2.05, 4.69) is 16.8 Å². The van der Waals surface area contributed by atoms with Crippen LogP contribution in [0.5, 0.6) is 0 Å². The van der Waals surface area contributed by atoms with Crippen LogP contribution in [0.4, 0.5) is 0 Å². The predicted octanol–water partition coefficient (Wildman–Crippen LogP) is 0.505. The van der Waals surface area contributed by atoms with Crippen LogP contribution in [0.25, 0.3) is 0 Å². The molecule has 1 heterocycles. The summed E-state index contributed by atoms with van der Waals surface area (Å²) in [7, 11) is 2.21. The number of nitrogens with zero attached hydrogens (tertiary/aromatic N) is 2. The van der Waals surface area contributed by atoms with Gasteiger partial charge in [-0.05, 0) is 45.8 Å². The van der Waals surface area contributed by atoms with Crippen LogP contribution in [0.1, 0.15) is 25.7 Å². The van der Waals surface area contributed by atoms with Crippen molar-refractivity contribution in [3.63, 3.8) is 0 Å². The van der Waals surface area contributed by atoms with Crippen LogP contribution in [0.15, 0.2) is 0 Å². The largest absolute Gasteiger partial charge is 0.324 e. The predicted molar refractivity (Wildman–Crippen MR) is 59.3 cm³/mol. The minimum atomic E-state index is 0.170. The second kappa shape index (κ2) is 4.17. The first-order valence-electron chi connectivity index (χ1n) is 5.88. The molecule has 0 amide bonds. The van der Waals surface area contributed by atoms with Gasteiger partial charge < -0.3 is 15.5 Å². The Morgan fingerprint density at radius 3 is 2.50 bits per heavy atom. The van der Waals surface area contributed by atoms with Crippen molar-refractivity contribution < 1.29 is 0 Å². The van der Waals surface area contributed by atoms with Crippen LogP contribution in [-0.2, 0) is 0 Å². The molecule has 0 unspecified atom stereocenters. The maximum absolute atomic E-state index is 6.26. The summed E-state index contributed by atoms with van der Waals surface area (Å²) in [5.74, 6) is 0. The smallest absolute Gasteiger partial charge is 0.0283 e. The Morgan fingerprint density at radius 1 is 1.07 bits per heavy atom. The maximum Gasteiger partial charge on any atom is 0.0283 e. The Kier molecular flexibility index (Phi) is 3.10. The number of likely N-dealkylation sites (N-methyl/N-ethyl adjacent to an activating group) is 1. The number of hydrogen-bond acceptors (Lipinski definition) is 3. The molecule has 0 bridgehead atoms. The topological polar surface area (TPSA) is 32.5 Å². The van der Waals surface area contributed by atoms with E-state index in [-0.39, 0.29) is 5.54 Å². The van der Waals surface area contributed by atoms with E-state index >= 15 is 0 Å².